The second-order valence-corrected chi connectivity index (χ2v) is 21.5. The normalized spacial score (nSPS) is 19.5. The smallest absolute Gasteiger partial charge is 0.220 e. The lowest BCUT2D eigenvalue weighted by Crippen LogP contribution is -2.60. The Balaban J connectivity index is 2.22. The third-order valence-electron chi connectivity index (χ3n) is 14.3. The van der Waals surface area contributed by atoms with Gasteiger partial charge in [-0.05, 0) is 89.9 Å². The van der Waals surface area contributed by atoms with Crippen LogP contribution in [0.4, 0.5) is 0 Å². The zero-order chi connectivity index (χ0) is 56.5. The molecule has 0 aliphatic carbocycles. The van der Waals surface area contributed by atoms with Gasteiger partial charge in [-0.3, -0.25) is 4.79 Å². The molecule has 0 bridgehead atoms. The minimum absolute atomic E-state index is 0.155. The molecule has 9 nitrogen and oxygen atoms in total. The number of rotatable bonds is 53. The number of nitrogens with one attached hydrogen (secondary N) is 1. The fourth-order valence-electron chi connectivity index (χ4n) is 9.37. The molecule has 1 aliphatic rings. The van der Waals surface area contributed by atoms with E-state index in [-0.39, 0.29) is 12.5 Å². The Morgan fingerprint density at radius 3 is 1.18 bits per heavy atom. The zero-order valence-corrected chi connectivity index (χ0v) is 49.6. The van der Waals surface area contributed by atoms with Crippen LogP contribution >= 0.6 is 0 Å². The molecule has 1 saturated heterocycles. The van der Waals surface area contributed by atoms with Gasteiger partial charge in [0.15, 0.2) is 6.29 Å². The van der Waals surface area contributed by atoms with Crippen LogP contribution in [0.3, 0.4) is 0 Å². The molecule has 78 heavy (non-hydrogen) atoms. The van der Waals surface area contributed by atoms with Gasteiger partial charge >= 0.3 is 0 Å². The molecule has 1 rings (SSSR count). The first-order valence-electron chi connectivity index (χ1n) is 31.7. The second-order valence-electron chi connectivity index (χ2n) is 21.5. The van der Waals surface area contributed by atoms with Gasteiger partial charge < -0.3 is 40.3 Å². The number of amides is 1. The molecule has 7 unspecified atom stereocenters. The Morgan fingerprint density at radius 2 is 0.795 bits per heavy atom. The Kier molecular flexibility index (Phi) is 52.9. The number of carbonyl (C=O) groups is 1. The van der Waals surface area contributed by atoms with Crippen molar-refractivity contribution in [2.75, 3.05) is 13.2 Å². The van der Waals surface area contributed by atoms with E-state index in [2.05, 4.69) is 141 Å². The number of allylic oxidation sites excluding steroid dienone is 20. The molecule has 0 spiro atoms. The number of aliphatic hydroxyl groups excluding tert-OH is 5. The van der Waals surface area contributed by atoms with Gasteiger partial charge in [-0.25, -0.2) is 0 Å². The van der Waals surface area contributed by atoms with Crippen LogP contribution in [0.15, 0.2) is 122 Å². The van der Waals surface area contributed by atoms with Gasteiger partial charge in [-0.15, -0.1) is 0 Å². The van der Waals surface area contributed by atoms with Crippen LogP contribution in [0.1, 0.15) is 251 Å². The average Bonchev–Trinajstić information content (AvgIpc) is 3.45. The number of unbranched alkanes of at least 4 members (excludes halogenated alkanes) is 23. The van der Waals surface area contributed by atoms with Crippen LogP contribution in [0.5, 0.6) is 0 Å². The second kappa shape index (κ2) is 56.8. The van der Waals surface area contributed by atoms with E-state index in [9.17, 15) is 30.3 Å². The molecular weight excluding hydrogens is 971 g/mol. The maximum Gasteiger partial charge on any atom is 0.220 e. The lowest BCUT2D eigenvalue weighted by Gasteiger charge is -2.40. The maximum absolute atomic E-state index is 13.1. The maximum atomic E-state index is 13.1. The van der Waals surface area contributed by atoms with Crippen molar-refractivity contribution in [3.8, 4) is 0 Å². The quantitative estimate of drug-likeness (QED) is 0.0261. The van der Waals surface area contributed by atoms with Crippen molar-refractivity contribution in [1.82, 2.24) is 5.32 Å². The molecule has 1 aliphatic heterocycles. The molecule has 446 valence electrons. The van der Waals surface area contributed by atoms with Crippen LogP contribution in [0.2, 0.25) is 0 Å². The van der Waals surface area contributed by atoms with Gasteiger partial charge in [0.05, 0.1) is 25.4 Å². The summed E-state index contributed by atoms with van der Waals surface area (Å²) in [7, 11) is 0. The third kappa shape index (κ3) is 45.3. The van der Waals surface area contributed by atoms with E-state index >= 15 is 0 Å². The SMILES string of the molecule is CC/C=C\C/C=C\C/C=C\C/C=C\C/C=C\C/C=C\C/C=C\C/C=C\C/C=C\C/C=C\CCCCCCC(=O)NC(COC1OC(CO)C(O)C(O)C1O)C(O)CCCCCCCCCCCCCCCCCCCCCC. The van der Waals surface area contributed by atoms with E-state index in [1.165, 1.54) is 109 Å². The molecule has 9 heteroatoms. The molecule has 1 amide bonds. The van der Waals surface area contributed by atoms with Crippen molar-refractivity contribution in [3.05, 3.63) is 122 Å². The highest BCUT2D eigenvalue weighted by Gasteiger charge is 2.44. The number of ether oxygens (including phenoxy) is 2. The van der Waals surface area contributed by atoms with Gasteiger partial charge in [-0.1, -0.05) is 277 Å². The van der Waals surface area contributed by atoms with Crippen LogP contribution in [0.25, 0.3) is 0 Å². The van der Waals surface area contributed by atoms with Crippen LogP contribution in [0, 0.1) is 0 Å². The van der Waals surface area contributed by atoms with Crippen LogP contribution in [-0.2, 0) is 14.3 Å². The minimum Gasteiger partial charge on any atom is -0.394 e. The van der Waals surface area contributed by atoms with Crippen molar-refractivity contribution >= 4 is 5.91 Å². The summed E-state index contributed by atoms with van der Waals surface area (Å²) in [6, 6.07) is -0.743. The van der Waals surface area contributed by atoms with E-state index in [1.807, 2.05) is 0 Å². The van der Waals surface area contributed by atoms with Gasteiger partial charge in [0, 0.05) is 6.42 Å². The van der Waals surface area contributed by atoms with Gasteiger partial charge in [0.25, 0.3) is 0 Å². The summed E-state index contributed by atoms with van der Waals surface area (Å²) < 4.78 is 11.3. The van der Waals surface area contributed by atoms with Crippen molar-refractivity contribution < 1.29 is 39.8 Å². The van der Waals surface area contributed by atoms with Crippen molar-refractivity contribution in [2.24, 2.45) is 0 Å². The standard InChI is InChI=1S/C69H117NO8/c1-3-5-7-9-11-13-15-17-19-21-23-25-26-27-28-29-30-31-32-33-34-35-36-37-38-39-41-43-45-47-49-51-53-55-57-59-65(73)70-62(61-77-69-68(76)67(75)66(74)64(60-71)78-69)63(72)58-56-54-52-50-48-46-44-42-40-24-22-20-18-16-14-12-10-8-6-4-2/h5,7,11,13,17,19,23,25,27-28,30-31,33-34,36-37,39,41,45,47,62-64,66-69,71-72,74-76H,3-4,6,8-10,12,14-16,18,20-22,24,26,29,32,35,38,40,42-44,46,48-61H2,1-2H3,(H,70,73)/b7-5-,13-11-,19-17-,25-23-,28-27-,31-30-,34-33-,37-36-,41-39-,47-45-. The summed E-state index contributed by atoms with van der Waals surface area (Å²) in [4.78, 5) is 13.1. The van der Waals surface area contributed by atoms with E-state index in [0.29, 0.717) is 12.8 Å². The summed E-state index contributed by atoms with van der Waals surface area (Å²) >= 11 is 0. The number of aliphatic hydroxyl groups is 5. The first-order valence-corrected chi connectivity index (χ1v) is 31.7. The summed E-state index contributed by atoms with van der Waals surface area (Å²) in [5.41, 5.74) is 0. The lowest BCUT2D eigenvalue weighted by atomic mass is 9.99. The molecular formula is C69H117NO8. The summed E-state index contributed by atoms with van der Waals surface area (Å²) in [5, 5.41) is 54.8. The summed E-state index contributed by atoms with van der Waals surface area (Å²) in [6.07, 6.45) is 78.0. The Labute approximate surface area is 478 Å². The molecule has 7 atom stereocenters. The molecule has 1 heterocycles. The van der Waals surface area contributed by atoms with Crippen molar-refractivity contribution in [1.29, 1.82) is 0 Å². The van der Waals surface area contributed by atoms with E-state index < -0.39 is 49.5 Å². The number of hydrogen-bond donors (Lipinski definition) is 6. The Morgan fingerprint density at radius 1 is 0.449 bits per heavy atom. The molecule has 1 fully saturated rings. The topological polar surface area (TPSA) is 149 Å². The fraction of sp³-hybridized carbons (Fsp3) is 0.696. The highest BCUT2D eigenvalue weighted by atomic mass is 16.7. The van der Waals surface area contributed by atoms with Crippen molar-refractivity contribution in [2.45, 2.75) is 294 Å². The zero-order valence-electron chi connectivity index (χ0n) is 49.6. The predicted octanol–water partition coefficient (Wildman–Crippen LogP) is 16.7. The largest absolute Gasteiger partial charge is 0.394 e. The monoisotopic (exact) mass is 1090 g/mol. The molecule has 6 N–H and O–H groups in total. The van der Waals surface area contributed by atoms with E-state index in [4.69, 9.17) is 9.47 Å². The fourth-order valence-corrected chi connectivity index (χ4v) is 9.37. The highest BCUT2D eigenvalue weighted by Crippen LogP contribution is 2.23. The van der Waals surface area contributed by atoms with Gasteiger partial charge in [0.1, 0.15) is 24.4 Å². The predicted molar refractivity (Wildman–Crippen MR) is 331 cm³/mol. The average molecular weight is 1090 g/mol. The van der Waals surface area contributed by atoms with Gasteiger partial charge in [0.2, 0.25) is 5.91 Å². The molecule has 0 aromatic carbocycles. The third-order valence-corrected chi connectivity index (χ3v) is 14.3. The molecule has 0 aromatic heterocycles. The Bertz CT molecular complexity index is 1640. The van der Waals surface area contributed by atoms with E-state index in [1.54, 1.807) is 0 Å². The lowest BCUT2D eigenvalue weighted by molar-refractivity contribution is -0.302. The first kappa shape index (κ1) is 72.6. The van der Waals surface area contributed by atoms with Crippen molar-refractivity contribution in [3.63, 3.8) is 0 Å². The minimum atomic E-state index is -1.57. The number of hydrogen-bond acceptors (Lipinski definition) is 8. The molecule has 0 radical (unpaired) electrons. The van der Waals surface area contributed by atoms with Gasteiger partial charge in [-0.2, -0.15) is 0 Å². The Hall–Kier alpha value is -3.41. The molecule has 0 aromatic rings. The van der Waals surface area contributed by atoms with Crippen LogP contribution in [-0.4, -0.2) is 87.5 Å². The highest BCUT2D eigenvalue weighted by molar-refractivity contribution is 5.76. The van der Waals surface area contributed by atoms with Crippen LogP contribution < -0.4 is 5.32 Å². The van der Waals surface area contributed by atoms with E-state index in [0.717, 1.165) is 116 Å². The number of carbonyl (C=O) groups excluding carboxylic acids is 1. The summed E-state index contributed by atoms with van der Waals surface area (Å²) in [6.45, 7) is 3.72. The first-order chi connectivity index (χ1) is 38.3. The summed E-state index contributed by atoms with van der Waals surface area (Å²) in [5.74, 6) is -0.171. The molecule has 0 saturated carbocycles.